The van der Waals surface area contributed by atoms with Crippen LogP contribution in [0.1, 0.15) is 17.3 Å². The van der Waals surface area contributed by atoms with Gasteiger partial charge in [0.25, 0.3) is 0 Å². The number of likely N-dealkylation sites (N-methyl/N-ethyl adjacent to an activating group) is 1. The number of nitrogen functional groups attached to an aromatic ring is 1. The first-order valence-corrected chi connectivity index (χ1v) is 7.29. The monoisotopic (exact) mass is 313 g/mol. The molecule has 4 N–H and O–H groups in total. The van der Waals surface area contributed by atoms with Gasteiger partial charge in [-0.05, 0) is 18.7 Å². The second kappa shape index (κ2) is 6.98. The summed E-state index contributed by atoms with van der Waals surface area (Å²) in [5.41, 5.74) is 6.42. The maximum atomic E-state index is 11.3. The van der Waals surface area contributed by atoms with E-state index in [2.05, 4.69) is 17.1 Å². The number of benzene rings is 1. The molecule has 0 aromatic heterocycles. The van der Waals surface area contributed by atoms with Gasteiger partial charge in [-0.25, -0.2) is 4.79 Å². The van der Waals surface area contributed by atoms with Crippen LogP contribution in [0.3, 0.4) is 0 Å². The number of carbonyl (C=O) groups is 1. The highest BCUT2D eigenvalue weighted by Gasteiger charge is 2.21. The highest BCUT2D eigenvalue weighted by Crippen LogP contribution is 2.29. The van der Waals surface area contributed by atoms with Crippen LogP contribution < -0.4 is 11.1 Å². The van der Waals surface area contributed by atoms with Crippen molar-refractivity contribution >= 4 is 28.9 Å². The number of carboxylic acid groups (broad SMARTS) is 1. The van der Waals surface area contributed by atoms with Crippen molar-refractivity contribution in [3.05, 3.63) is 22.7 Å². The Balaban J connectivity index is 2.07. The number of morpholine rings is 1. The Hall–Kier alpha value is -1.50. The van der Waals surface area contributed by atoms with Crippen molar-refractivity contribution in [1.82, 2.24) is 4.90 Å². The van der Waals surface area contributed by atoms with E-state index in [1.54, 1.807) is 0 Å². The summed E-state index contributed by atoms with van der Waals surface area (Å²) in [6, 6.07) is 2.94. The van der Waals surface area contributed by atoms with Crippen molar-refractivity contribution in [2.75, 3.05) is 43.8 Å². The number of nitrogens with one attached hydrogen (secondary N) is 1. The molecule has 0 saturated carbocycles. The number of aromatic carboxylic acids is 1. The summed E-state index contributed by atoms with van der Waals surface area (Å²) in [6.45, 7) is 6.01. The number of anilines is 2. The minimum atomic E-state index is -1.06. The molecule has 1 aliphatic heterocycles. The van der Waals surface area contributed by atoms with Gasteiger partial charge in [0.2, 0.25) is 0 Å². The van der Waals surface area contributed by atoms with Crippen molar-refractivity contribution < 1.29 is 14.6 Å². The van der Waals surface area contributed by atoms with E-state index in [-0.39, 0.29) is 11.7 Å². The third-order valence-electron chi connectivity index (χ3n) is 3.52. The zero-order valence-electron chi connectivity index (χ0n) is 11.9. The second-order valence-electron chi connectivity index (χ2n) is 5.00. The van der Waals surface area contributed by atoms with Gasteiger partial charge in [0, 0.05) is 25.3 Å². The first-order chi connectivity index (χ1) is 10.0. The van der Waals surface area contributed by atoms with Gasteiger partial charge in [-0.1, -0.05) is 18.5 Å². The zero-order valence-corrected chi connectivity index (χ0v) is 12.7. The van der Waals surface area contributed by atoms with E-state index in [1.807, 2.05) is 0 Å². The highest BCUT2D eigenvalue weighted by molar-refractivity contribution is 6.34. The molecule has 7 heteroatoms. The van der Waals surface area contributed by atoms with Crippen LogP contribution in [-0.2, 0) is 4.74 Å². The molecule has 1 fully saturated rings. The molecular formula is C14H20ClN3O3. The number of hydrogen-bond acceptors (Lipinski definition) is 5. The molecule has 116 valence electrons. The molecule has 1 aromatic rings. The van der Waals surface area contributed by atoms with Crippen molar-refractivity contribution in [2.24, 2.45) is 0 Å². The van der Waals surface area contributed by atoms with Gasteiger partial charge >= 0.3 is 5.97 Å². The summed E-state index contributed by atoms with van der Waals surface area (Å²) in [6.07, 6.45) is 0.00830. The summed E-state index contributed by atoms with van der Waals surface area (Å²) in [7, 11) is 0. The van der Waals surface area contributed by atoms with Crippen molar-refractivity contribution in [3.8, 4) is 0 Å². The standard InChI is InChI=1S/C14H20ClN3O3/c1-2-18-3-4-21-10(8-18)7-17-13-11(14(19)20)5-9(16)6-12(13)15/h5-6,10,17H,2-4,7-8,16H2,1H3,(H,19,20). The SMILES string of the molecule is CCN1CCOC(CNc2c(Cl)cc(N)cc2C(=O)O)C1. The summed E-state index contributed by atoms with van der Waals surface area (Å²) < 4.78 is 5.68. The molecule has 0 bridgehead atoms. The quantitative estimate of drug-likeness (QED) is 0.718. The summed E-state index contributed by atoms with van der Waals surface area (Å²) in [5.74, 6) is -1.06. The van der Waals surface area contributed by atoms with Gasteiger partial charge in [-0.15, -0.1) is 0 Å². The molecule has 6 nitrogen and oxygen atoms in total. The first kappa shape index (κ1) is 15.9. The molecule has 0 spiro atoms. The average molecular weight is 314 g/mol. The van der Waals surface area contributed by atoms with E-state index in [0.29, 0.717) is 29.5 Å². The Labute approximate surface area is 128 Å². The lowest BCUT2D eigenvalue weighted by Gasteiger charge is -2.32. The van der Waals surface area contributed by atoms with Crippen LogP contribution in [0.5, 0.6) is 0 Å². The van der Waals surface area contributed by atoms with E-state index in [0.717, 1.165) is 19.6 Å². The summed E-state index contributed by atoms with van der Waals surface area (Å²) in [5, 5.41) is 12.6. The predicted molar refractivity (Wildman–Crippen MR) is 83.2 cm³/mol. The van der Waals surface area contributed by atoms with Crippen LogP contribution in [0, 0.1) is 0 Å². The summed E-state index contributed by atoms with van der Waals surface area (Å²) in [4.78, 5) is 13.6. The molecule has 1 heterocycles. The van der Waals surface area contributed by atoms with Crippen LogP contribution >= 0.6 is 11.6 Å². The van der Waals surface area contributed by atoms with Crippen LogP contribution in [0.2, 0.25) is 5.02 Å². The van der Waals surface area contributed by atoms with E-state index in [1.165, 1.54) is 12.1 Å². The lowest BCUT2D eigenvalue weighted by molar-refractivity contribution is -0.0191. The predicted octanol–water partition coefficient (Wildman–Crippen LogP) is 1.75. The largest absolute Gasteiger partial charge is 0.478 e. The fraction of sp³-hybridized carbons (Fsp3) is 0.500. The molecule has 0 aliphatic carbocycles. The van der Waals surface area contributed by atoms with Crippen LogP contribution in [-0.4, -0.2) is 54.9 Å². The Kier molecular flexibility index (Phi) is 5.27. The lowest BCUT2D eigenvalue weighted by atomic mass is 10.1. The van der Waals surface area contributed by atoms with Gasteiger partial charge in [-0.3, -0.25) is 4.90 Å². The fourth-order valence-electron chi connectivity index (χ4n) is 2.38. The third-order valence-corrected chi connectivity index (χ3v) is 3.82. The molecule has 0 radical (unpaired) electrons. The summed E-state index contributed by atoms with van der Waals surface area (Å²) >= 11 is 6.10. The third kappa shape index (κ3) is 4.00. The van der Waals surface area contributed by atoms with Gasteiger partial charge < -0.3 is 20.9 Å². The van der Waals surface area contributed by atoms with E-state index >= 15 is 0 Å². The normalized spacial score (nSPS) is 19.4. The smallest absolute Gasteiger partial charge is 0.337 e. The molecule has 21 heavy (non-hydrogen) atoms. The molecule has 1 aromatic carbocycles. The minimum absolute atomic E-state index is 0.00830. The number of nitrogens with zero attached hydrogens (tertiary/aromatic N) is 1. The van der Waals surface area contributed by atoms with E-state index in [9.17, 15) is 9.90 Å². The lowest BCUT2D eigenvalue weighted by Crippen LogP contribution is -2.45. The fourth-order valence-corrected chi connectivity index (χ4v) is 2.68. The molecule has 1 aliphatic rings. The molecule has 0 amide bonds. The Morgan fingerprint density at radius 2 is 2.38 bits per heavy atom. The number of ether oxygens (including phenoxy) is 1. The Bertz CT molecular complexity index is 524. The number of hydrogen-bond donors (Lipinski definition) is 3. The number of halogens is 1. The van der Waals surface area contributed by atoms with E-state index < -0.39 is 5.97 Å². The van der Waals surface area contributed by atoms with Gasteiger partial charge in [-0.2, -0.15) is 0 Å². The average Bonchev–Trinajstić information content (AvgIpc) is 2.45. The molecule has 1 unspecified atom stereocenters. The maximum Gasteiger partial charge on any atom is 0.337 e. The minimum Gasteiger partial charge on any atom is -0.478 e. The zero-order chi connectivity index (χ0) is 15.4. The van der Waals surface area contributed by atoms with Crippen LogP contribution in [0.4, 0.5) is 11.4 Å². The topological polar surface area (TPSA) is 87.8 Å². The van der Waals surface area contributed by atoms with Gasteiger partial charge in [0.15, 0.2) is 0 Å². The number of nitrogens with two attached hydrogens (primary N) is 1. The Morgan fingerprint density at radius 3 is 3.05 bits per heavy atom. The van der Waals surface area contributed by atoms with Crippen LogP contribution in [0.25, 0.3) is 0 Å². The van der Waals surface area contributed by atoms with Gasteiger partial charge in [0.05, 0.1) is 29.0 Å². The van der Waals surface area contributed by atoms with Crippen molar-refractivity contribution in [3.63, 3.8) is 0 Å². The maximum absolute atomic E-state index is 11.3. The van der Waals surface area contributed by atoms with Crippen molar-refractivity contribution in [1.29, 1.82) is 0 Å². The van der Waals surface area contributed by atoms with Crippen molar-refractivity contribution in [2.45, 2.75) is 13.0 Å². The van der Waals surface area contributed by atoms with Gasteiger partial charge in [0.1, 0.15) is 0 Å². The molecule has 1 saturated heterocycles. The number of rotatable bonds is 5. The van der Waals surface area contributed by atoms with Crippen LogP contribution in [0.15, 0.2) is 12.1 Å². The Morgan fingerprint density at radius 1 is 1.62 bits per heavy atom. The molecule has 2 rings (SSSR count). The molecular weight excluding hydrogens is 294 g/mol. The second-order valence-corrected chi connectivity index (χ2v) is 5.40. The van der Waals surface area contributed by atoms with E-state index in [4.69, 9.17) is 22.1 Å². The highest BCUT2D eigenvalue weighted by atomic mass is 35.5. The number of carboxylic acids is 1. The first-order valence-electron chi connectivity index (χ1n) is 6.91. The molecule has 1 atom stereocenters.